The second kappa shape index (κ2) is 14.8. The van der Waals surface area contributed by atoms with Crippen LogP contribution >= 0.6 is 0 Å². The summed E-state index contributed by atoms with van der Waals surface area (Å²) in [6.45, 7) is 7.94. The molecule has 0 spiro atoms. The van der Waals surface area contributed by atoms with Crippen LogP contribution in [0.1, 0.15) is 41.2 Å². The first-order valence-corrected chi connectivity index (χ1v) is 16.4. The molecule has 0 aliphatic rings. The standard InChI is InChI=1S/C36H41N3O4S/c1-5-21-37-36(41)34(24-30-14-8-6-9-15-30)38(25-31-16-12-13-27(2)22-31)35(40)26-39(32-20-19-28(3)29(4)23-32)44(42,43)33-17-10-7-11-18-33/h6-20,22-23,34H,5,21,24-26H2,1-4H3,(H,37,41)/t34-/m1/s1. The van der Waals surface area contributed by atoms with Crippen LogP contribution in [0.5, 0.6) is 0 Å². The molecule has 4 aromatic rings. The third-order valence-corrected chi connectivity index (χ3v) is 9.43. The fourth-order valence-electron chi connectivity index (χ4n) is 5.06. The molecule has 44 heavy (non-hydrogen) atoms. The molecule has 8 heteroatoms. The lowest BCUT2D eigenvalue weighted by Gasteiger charge is -2.34. The van der Waals surface area contributed by atoms with Crippen LogP contribution in [-0.2, 0) is 32.6 Å². The van der Waals surface area contributed by atoms with Gasteiger partial charge in [0.2, 0.25) is 11.8 Å². The van der Waals surface area contributed by atoms with E-state index in [0.29, 0.717) is 12.2 Å². The normalized spacial score (nSPS) is 11.9. The van der Waals surface area contributed by atoms with Gasteiger partial charge in [-0.05, 0) is 73.7 Å². The maximum absolute atomic E-state index is 14.5. The van der Waals surface area contributed by atoms with E-state index < -0.39 is 28.5 Å². The Balaban J connectivity index is 1.81. The molecule has 2 amide bonds. The Labute approximate surface area is 261 Å². The van der Waals surface area contributed by atoms with Gasteiger partial charge in [0.1, 0.15) is 12.6 Å². The molecule has 230 valence electrons. The number of anilines is 1. The van der Waals surface area contributed by atoms with Gasteiger partial charge < -0.3 is 10.2 Å². The van der Waals surface area contributed by atoms with E-state index in [1.807, 2.05) is 88.4 Å². The minimum absolute atomic E-state index is 0.0813. The van der Waals surface area contributed by atoms with Gasteiger partial charge in [-0.1, -0.05) is 91.3 Å². The molecule has 0 saturated heterocycles. The summed E-state index contributed by atoms with van der Waals surface area (Å²) in [7, 11) is -4.13. The fraction of sp³-hybridized carbons (Fsp3) is 0.278. The van der Waals surface area contributed by atoms with Crippen molar-refractivity contribution >= 4 is 27.5 Å². The lowest BCUT2D eigenvalue weighted by Crippen LogP contribution is -2.53. The number of nitrogens with one attached hydrogen (secondary N) is 1. The van der Waals surface area contributed by atoms with Gasteiger partial charge in [0, 0.05) is 19.5 Å². The smallest absolute Gasteiger partial charge is 0.264 e. The van der Waals surface area contributed by atoms with Crippen LogP contribution in [0.25, 0.3) is 0 Å². The predicted molar refractivity (Wildman–Crippen MR) is 176 cm³/mol. The van der Waals surface area contributed by atoms with E-state index in [0.717, 1.165) is 38.5 Å². The van der Waals surface area contributed by atoms with Crippen molar-refractivity contribution < 1.29 is 18.0 Å². The SMILES string of the molecule is CCCNC(=O)[C@@H](Cc1ccccc1)N(Cc1cccc(C)c1)C(=O)CN(c1ccc(C)c(C)c1)S(=O)(=O)c1ccccc1. The third kappa shape index (κ3) is 8.14. The van der Waals surface area contributed by atoms with Gasteiger partial charge in [0.05, 0.1) is 10.6 Å². The zero-order valence-corrected chi connectivity index (χ0v) is 26.7. The third-order valence-electron chi connectivity index (χ3n) is 7.64. The van der Waals surface area contributed by atoms with Crippen LogP contribution in [-0.4, -0.2) is 44.3 Å². The van der Waals surface area contributed by atoms with E-state index in [9.17, 15) is 18.0 Å². The van der Waals surface area contributed by atoms with Crippen molar-refractivity contribution in [3.05, 3.63) is 131 Å². The Hall–Kier alpha value is -4.43. The topological polar surface area (TPSA) is 86.8 Å². The number of sulfonamides is 1. The average Bonchev–Trinajstić information content (AvgIpc) is 3.02. The zero-order valence-electron chi connectivity index (χ0n) is 25.9. The molecule has 0 bridgehead atoms. The Morgan fingerprint density at radius 2 is 1.43 bits per heavy atom. The number of nitrogens with zero attached hydrogens (tertiary/aromatic N) is 2. The van der Waals surface area contributed by atoms with Crippen LogP contribution < -0.4 is 9.62 Å². The van der Waals surface area contributed by atoms with Crippen molar-refractivity contribution in [2.24, 2.45) is 0 Å². The van der Waals surface area contributed by atoms with E-state index in [2.05, 4.69) is 5.32 Å². The minimum Gasteiger partial charge on any atom is -0.354 e. The molecule has 0 aromatic heterocycles. The van der Waals surface area contributed by atoms with Crippen molar-refractivity contribution in [1.82, 2.24) is 10.2 Å². The average molecular weight is 612 g/mol. The molecular weight excluding hydrogens is 570 g/mol. The molecule has 1 atom stereocenters. The van der Waals surface area contributed by atoms with Crippen LogP contribution in [0.15, 0.2) is 108 Å². The Bertz CT molecular complexity index is 1670. The van der Waals surface area contributed by atoms with E-state index in [1.165, 1.54) is 17.0 Å². The van der Waals surface area contributed by atoms with Gasteiger partial charge in [-0.2, -0.15) is 0 Å². The van der Waals surface area contributed by atoms with E-state index in [4.69, 9.17) is 0 Å². The van der Waals surface area contributed by atoms with Crippen molar-refractivity contribution in [2.75, 3.05) is 17.4 Å². The number of rotatable bonds is 13. The highest BCUT2D eigenvalue weighted by atomic mass is 32.2. The van der Waals surface area contributed by atoms with Gasteiger partial charge in [0.15, 0.2) is 0 Å². The monoisotopic (exact) mass is 611 g/mol. The van der Waals surface area contributed by atoms with Gasteiger partial charge >= 0.3 is 0 Å². The van der Waals surface area contributed by atoms with Crippen LogP contribution in [0.4, 0.5) is 5.69 Å². The molecule has 0 radical (unpaired) electrons. The molecule has 0 heterocycles. The summed E-state index contributed by atoms with van der Waals surface area (Å²) < 4.78 is 29.4. The summed E-state index contributed by atoms with van der Waals surface area (Å²) in [5.41, 5.74) is 5.07. The number of carbonyl (C=O) groups is 2. The first-order chi connectivity index (χ1) is 21.1. The highest BCUT2D eigenvalue weighted by Crippen LogP contribution is 2.27. The van der Waals surface area contributed by atoms with Crippen molar-refractivity contribution in [2.45, 2.75) is 58.0 Å². The number of aryl methyl sites for hydroxylation is 3. The number of carbonyl (C=O) groups excluding carboxylic acids is 2. The second-order valence-electron chi connectivity index (χ2n) is 11.1. The molecule has 0 saturated carbocycles. The lowest BCUT2D eigenvalue weighted by molar-refractivity contribution is -0.140. The maximum Gasteiger partial charge on any atom is 0.264 e. The summed E-state index contributed by atoms with van der Waals surface area (Å²) >= 11 is 0. The summed E-state index contributed by atoms with van der Waals surface area (Å²) in [5, 5.41) is 2.98. The van der Waals surface area contributed by atoms with Gasteiger partial charge in [-0.15, -0.1) is 0 Å². The van der Waals surface area contributed by atoms with Gasteiger partial charge in [-0.3, -0.25) is 13.9 Å². The molecule has 4 rings (SSSR count). The van der Waals surface area contributed by atoms with Crippen molar-refractivity contribution in [3.63, 3.8) is 0 Å². The van der Waals surface area contributed by atoms with Crippen molar-refractivity contribution in [3.8, 4) is 0 Å². The largest absolute Gasteiger partial charge is 0.354 e. The fourth-order valence-corrected chi connectivity index (χ4v) is 6.48. The Morgan fingerprint density at radius 1 is 0.773 bits per heavy atom. The number of amides is 2. The lowest BCUT2D eigenvalue weighted by atomic mass is 10.0. The van der Waals surface area contributed by atoms with Gasteiger partial charge in [0.25, 0.3) is 10.0 Å². The molecule has 0 aliphatic carbocycles. The predicted octanol–water partition coefficient (Wildman–Crippen LogP) is 5.97. The molecule has 4 aromatic carbocycles. The first-order valence-electron chi connectivity index (χ1n) is 14.9. The minimum atomic E-state index is -4.13. The molecule has 1 N–H and O–H groups in total. The Kier molecular flexibility index (Phi) is 11.0. The summed E-state index contributed by atoms with van der Waals surface area (Å²) in [4.78, 5) is 29.8. The molecule has 0 unspecified atom stereocenters. The number of hydrogen-bond acceptors (Lipinski definition) is 4. The Morgan fingerprint density at radius 3 is 2.07 bits per heavy atom. The number of hydrogen-bond donors (Lipinski definition) is 1. The quantitative estimate of drug-likeness (QED) is 0.202. The first kappa shape index (κ1) is 32.5. The van der Waals surface area contributed by atoms with E-state index >= 15 is 0 Å². The maximum atomic E-state index is 14.5. The van der Waals surface area contributed by atoms with E-state index in [-0.39, 0.29) is 23.8 Å². The molecule has 0 aliphatic heterocycles. The zero-order chi connectivity index (χ0) is 31.7. The summed E-state index contributed by atoms with van der Waals surface area (Å²) in [5.74, 6) is -0.753. The van der Waals surface area contributed by atoms with E-state index in [1.54, 1.807) is 30.3 Å². The second-order valence-corrected chi connectivity index (χ2v) is 13.0. The summed E-state index contributed by atoms with van der Waals surface area (Å²) in [6, 6.07) is 29.9. The molecule has 0 fully saturated rings. The highest BCUT2D eigenvalue weighted by Gasteiger charge is 2.34. The van der Waals surface area contributed by atoms with Crippen LogP contribution in [0.3, 0.4) is 0 Å². The van der Waals surface area contributed by atoms with Crippen molar-refractivity contribution in [1.29, 1.82) is 0 Å². The van der Waals surface area contributed by atoms with Crippen LogP contribution in [0.2, 0.25) is 0 Å². The number of benzene rings is 4. The van der Waals surface area contributed by atoms with Gasteiger partial charge in [-0.25, -0.2) is 8.42 Å². The molecular formula is C36H41N3O4S. The molecule has 7 nitrogen and oxygen atoms in total. The highest BCUT2D eigenvalue weighted by molar-refractivity contribution is 7.92. The van der Waals surface area contributed by atoms with Crippen LogP contribution in [0, 0.1) is 20.8 Å². The summed E-state index contributed by atoms with van der Waals surface area (Å²) in [6.07, 6.45) is 1.02.